The first-order chi connectivity index (χ1) is 9.08. The lowest BCUT2D eigenvalue weighted by Crippen LogP contribution is -2.07. The van der Waals surface area contributed by atoms with Gasteiger partial charge in [0, 0.05) is 7.05 Å². The van der Waals surface area contributed by atoms with E-state index >= 15 is 0 Å². The molecule has 0 aliphatic carbocycles. The molecule has 0 aliphatic heterocycles. The molecule has 0 amide bonds. The van der Waals surface area contributed by atoms with Crippen molar-refractivity contribution in [3.05, 3.63) is 46.0 Å². The van der Waals surface area contributed by atoms with Gasteiger partial charge in [-0.25, -0.2) is 4.98 Å². The summed E-state index contributed by atoms with van der Waals surface area (Å²) in [6, 6.07) is 8.21. The molecule has 3 aromatic rings. The minimum Gasteiger partial charge on any atom is -0.322 e. The number of halogens is 1. The number of benzene rings is 1. The Morgan fingerprint density at radius 2 is 1.95 bits per heavy atom. The molecule has 0 bridgehead atoms. The predicted molar refractivity (Wildman–Crippen MR) is 79.2 cm³/mol. The Balaban J connectivity index is 2.13. The molecule has 0 N–H and O–H groups in total. The van der Waals surface area contributed by atoms with Crippen LogP contribution in [0.5, 0.6) is 0 Å². The van der Waals surface area contributed by atoms with Crippen LogP contribution in [0.2, 0.25) is 0 Å². The molecule has 19 heavy (non-hydrogen) atoms. The van der Waals surface area contributed by atoms with Crippen molar-refractivity contribution in [3.63, 3.8) is 0 Å². The maximum Gasteiger partial charge on any atom is 0.107 e. The van der Waals surface area contributed by atoms with Gasteiger partial charge in [0.15, 0.2) is 0 Å². The van der Waals surface area contributed by atoms with E-state index in [1.807, 2.05) is 43.8 Å². The molecular weight excluding hydrogens is 304 g/mol. The topological polar surface area (TPSA) is 35.6 Å². The maximum absolute atomic E-state index is 4.59. The fourth-order valence-electron chi connectivity index (χ4n) is 2.40. The van der Waals surface area contributed by atoms with Crippen LogP contribution in [0.3, 0.4) is 0 Å². The van der Waals surface area contributed by atoms with E-state index in [2.05, 4.69) is 36.6 Å². The zero-order valence-corrected chi connectivity index (χ0v) is 12.8. The monoisotopic (exact) mass is 318 g/mol. The molecule has 1 aromatic carbocycles. The molecule has 4 nitrogen and oxygen atoms in total. The highest BCUT2D eigenvalue weighted by atomic mass is 79.9. The highest BCUT2D eigenvalue weighted by Gasteiger charge is 2.14. The van der Waals surface area contributed by atoms with Crippen molar-refractivity contribution in [1.29, 1.82) is 0 Å². The van der Waals surface area contributed by atoms with Gasteiger partial charge in [0.2, 0.25) is 0 Å². The van der Waals surface area contributed by atoms with Crippen LogP contribution in [0.1, 0.15) is 17.2 Å². The van der Waals surface area contributed by atoms with Gasteiger partial charge in [0.25, 0.3) is 0 Å². The third-order valence-electron chi connectivity index (χ3n) is 3.41. The average molecular weight is 319 g/mol. The summed E-state index contributed by atoms with van der Waals surface area (Å²) in [7, 11) is 1.97. The standard InChI is InChI=1S/C14H15BrN4/c1-9-14(15)13(18(3)17-9)8-19-10(2)16-11-6-4-5-7-12(11)19/h4-7H,8H2,1-3H3. The zero-order chi connectivity index (χ0) is 13.6. The minimum absolute atomic E-state index is 0.768. The largest absolute Gasteiger partial charge is 0.322 e. The van der Waals surface area contributed by atoms with Gasteiger partial charge in [-0.3, -0.25) is 4.68 Å². The number of aromatic nitrogens is 4. The molecule has 0 saturated carbocycles. The van der Waals surface area contributed by atoms with Crippen LogP contribution in [-0.4, -0.2) is 19.3 Å². The van der Waals surface area contributed by atoms with Crippen molar-refractivity contribution in [1.82, 2.24) is 19.3 Å². The normalized spacial score (nSPS) is 11.4. The SMILES string of the molecule is Cc1nn(C)c(Cn2c(C)nc3ccccc32)c1Br. The second-order valence-electron chi connectivity index (χ2n) is 4.70. The summed E-state index contributed by atoms with van der Waals surface area (Å²) < 4.78 is 5.22. The lowest BCUT2D eigenvalue weighted by atomic mass is 10.3. The summed E-state index contributed by atoms with van der Waals surface area (Å²) in [6.45, 7) is 4.81. The summed E-state index contributed by atoms with van der Waals surface area (Å²) in [6.07, 6.45) is 0. The highest BCUT2D eigenvalue weighted by molar-refractivity contribution is 9.10. The van der Waals surface area contributed by atoms with Crippen LogP contribution in [0.4, 0.5) is 0 Å². The number of hydrogen-bond donors (Lipinski definition) is 0. The number of imidazole rings is 1. The van der Waals surface area contributed by atoms with Crippen molar-refractivity contribution in [2.75, 3.05) is 0 Å². The number of nitrogens with zero attached hydrogens (tertiary/aromatic N) is 4. The van der Waals surface area contributed by atoms with Crippen LogP contribution in [0.25, 0.3) is 11.0 Å². The number of aryl methyl sites for hydroxylation is 3. The predicted octanol–water partition coefficient (Wildman–Crippen LogP) is 3.20. The smallest absolute Gasteiger partial charge is 0.107 e. The van der Waals surface area contributed by atoms with Crippen LogP contribution in [-0.2, 0) is 13.6 Å². The van der Waals surface area contributed by atoms with Gasteiger partial charge < -0.3 is 4.57 Å². The van der Waals surface area contributed by atoms with E-state index in [1.165, 1.54) is 0 Å². The molecule has 0 aliphatic rings. The van der Waals surface area contributed by atoms with E-state index < -0.39 is 0 Å². The Bertz CT molecular complexity index is 754. The third kappa shape index (κ3) is 1.98. The minimum atomic E-state index is 0.768. The van der Waals surface area contributed by atoms with Gasteiger partial charge in [0.05, 0.1) is 33.4 Å². The van der Waals surface area contributed by atoms with E-state index in [4.69, 9.17) is 0 Å². The van der Waals surface area contributed by atoms with E-state index in [0.29, 0.717) is 0 Å². The molecule has 3 rings (SSSR count). The van der Waals surface area contributed by atoms with Gasteiger partial charge in [-0.15, -0.1) is 0 Å². The van der Waals surface area contributed by atoms with Gasteiger partial charge in [-0.1, -0.05) is 12.1 Å². The third-order valence-corrected chi connectivity index (χ3v) is 4.45. The Hall–Kier alpha value is -1.62. The summed E-state index contributed by atoms with van der Waals surface area (Å²) in [5, 5.41) is 4.44. The Labute approximate surface area is 120 Å². The summed E-state index contributed by atoms with van der Waals surface area (Å²) >= 11 is 3.62. The van der Waals surface area contributed by atoms with Crippen molar-refractivity contribution < 1.29 is 0 Å². The summed E-state index contributed by atoms with van der Waals surface area (Å²) in [5.74, 6) is 1.02. The van der Waals surface area contributed by atoms with Gasteiger partial charge in [-0.05, 0) is 41.9 Å². The molecule has 0 atom stereocenters. The van der Waals surface area contributed by atoms with Crippen LogP contribution in [0.15, 0.2) is 28.7 Å². The fraction of sp³-hybridized carbons (Fsp3) is 0.286. The van der Waals surface area contributed by atoms with Crippen molar-refractivity contribution in [2.45, 2.75) is 20.4 Å². The van der Waals surface area contributed by atoms with E-state index in [0.717, 1.165) is 39.3 Å². The van der Waals surface area contributed by atoms with E-state index in [9.17, 15) is 0 Å². The molecular formula is C14H15BrN4. The van der Waals surface area contributed by atoms with Crippen LogP contribution < -0.4 is 0 Å². The van der Waals surface area contributed by atoms with Crippen molar-refractivity contribution >= 4 is 27.0 Å². The first kappa shape index (κ1) is 12.4. The molecule has 2 heterocycles. The second kappa shape index (κ2) is 4.49. The van der Waals surface area contributed by atoms with Gasteiger partial charge >= 0.3 is 0 Å². The first-order valence-electron chi connectivity index (χ1n) is 6.17. The molecule has 0 fully saturated rings. The van der Waals surface area contributed by atoms with Gasteiger partial charge in [0.1, 0.15) is 5.82 Å². The number of rotatable bonds is 2. The lowest BCUT2D eigenvalue weighted by molar-refractivity contribution is 0.660. The molecule has 0 unspecified atom stereocenters. The average Bonchev–Trinajstić information content (AvgIpc) is 2.82. The quantitative estimate of drug-likeness (QED) is 0.727. The molecule has 0 saturated heterocycles. The van der Waals surface area contributed by atoms with Crippen molar-refractivity contribution in [3.8, 4) is 0 Å². The van der Waals surface area contributed by atoms with Crippen LogP contribution in [0, 0.1) is 13.8 Å². The summed E-state index contributed by atoms with van der Waals surface area (Å²) in [5.41, 5.74) is 4.36. The molecule has 5 heteroatoms. The Morgan fingerprint density at radius 3 is 2.63 bits per heavy atom. The first-order valence-corrected chi connectivity index (χ1v) is 6.97. The number of fused-ring (bicyclic) bond motifs is 1. The summed E-state index contributed by atoms with van der Waals surface area (Å²) in [4.78, 5) is 4.59. The number of para-hydroxylation sites is 2. The van der Waals surface area contributed by atoms with Crippen molar-refractivity contribution in [2.24, 2.45) is 7.05 Å². The maximum atomic E-state index is 4.59. The highest BCUT2D eigenvalue weighted by Crippen LogP contribution is 2.23. The zero-order valence-electron chi connectivity index (χ0n) is 11.2. The Morgan fingerprint density at radius 1 is 1.21 bits per heavy atom. The number of hydrogen-bond acceptors (Lipinski definition) is 2. The molecule has 0 radical (unpaired) electrons. The molecule has 0 spiro atoms. The molecule has 98 valence electrons. The molecule has 2 aromatic heterocycles. The lowest BCUT2D eigenvalue weighted by Gasteiger charge is -2.08. The fourth-order valence-corrected chi connectivity index (χ4v) is 2.86. The second-order valence-corrected chi connectivity index (χ2v) is 5.50. The van der Waals surface area contributed by atoms with E-state index in [1.54, 1.807) is 0 Å². The van der Waals surface area contributed by atoms with Crippen LogP contribution >= 0.6 is 15.9 Å². The van der Waals surface area contributed by atoms with E-state index in [-0.39, 0.29) is 0 Å². The van der Waals surface area contributed by atoms with Gasteiger partial charge in [-0.2, -0.15) is 5.10 Å². The Kier molecular flexibility index (Phi) is 2.93.